The molecule has 32 valence electrons. The van der Waals surface area contributed by atoms with Gasteiger partial charge in [-0.15, -0.1) is 0 Å². The Morgan fingerprint density at radius 1 is 1.29 bits per heavy atom. The molecule has 0 aromatic heterocycles. The van der Waals surface area contributed by atoms with Gasteiger partial charge < -0.3 is 20.0 Å². The molecule has 0 rings (SSSR count). The van der Waals surface area contributed by atoms with Crippen LogP contribution in [-0.2, 0) is 0 Å². The Balaban J connectivity index is -0.0000000150. The molecule has 0 radical (unpaired) electrons. The van der Waals surface area contributed by atoms with Gasteiger partial charge in [-0.1, -0.05) is 0 Å². The van der Waals surface area contributed by atoms with Crippen LogP contribution in [0.1, 0.15) is 0 Å². The molecule has 0 spiro atoms. The zero-order valence-electron chi connectivity index (χ0n) is 3.76. The number of rotatable bonds is 0. The predicted molar refractivity (Wildman–Crippen MR) is 16.1 cm³/mol. The van der Waals surface area contributed by atoms with Crippen LogP contribution in [0.3, 0.4) is 0 Å². The summed E-state index contributed by atoms with van der Waals surface area (Å²) in [7, 11) is 0. The molecule has 0 aliphatic carbocycles. The summed E-state index contributed by atoms with van der Waals surface area (Å²) in [6.07, 6.45) is 0. The van der Waals surface area contributed by atoms with E-state index in [1.165, 1.54) is 0 Å². The topological polar surface area (TPSA) is 66.2 Å². The summed E-state index contributed by atoms with van der Waals surface area (Å²) in [5.74, 6) is 0. The molecule has 4 nitrogen and oxygen atoms in total. The SMILES string of the molecule is O=[N+]([O-])[O-].[Ca+2].[F-].[Li+]. The van der Waals surface area contributed by atoms with Crippen molar-refractivity contribution in [1.29, 1.82) is 0 Å². The van der Waals surface area contributed by atoms with Crippen molar-refractivity contribution >= 4 is 37.7 Å². The van der Waals surface area contributed by atoms with E-state index in [0.717, 1.165) is 0 Å². The molecule has 0 heterocycles. The van der Waals surface area contributed by atoms with Crippen LogP contribution in [0.15, 0.2) is 0 Å². The zero-order chi connectivity index (χ0) is 3.58. The van der Waals surface area contributed by atoms with Crippen LogP contribution < -0.4 is 23.6 Å². The molecule has 0 atom stereocenters. The second-order valence-electron chi connectivity index (χ2n) is 0.224. The van der Waals surface area contributed by atoms with Crippen LogP contribution in [0.2, 0.25) is 0 Å². The molecule has 7 heavy (non-hydrogen) atoms. The molecular formula is CaFLiNO3+. The van der Waals surface area contributed by atoms with E-state index < -0.39 is 5.09 Å². The first-order valence-electron chi connectivity index (χ1n) is 0.548. The van der Waals surface area contributed by atoms with Gasteiger partial charge in [0, 0.05) is 0 Å². The summed E-state index contributed by atoms with van der Waals surface area (Å²) in [5, 5.41) is 14.8. The minimum absolute atomic E-state index is 0. The van der Waals surface area contributed by atoms with E-state index in [9.17, 15) is 0 Å². The van der Waals surface area contributed by atoms with Crippen LogP contribution in [0, 0.1) is 15.3 Å². The Hall–Kier alpha value is 0.987. The fourth-order valence-corrected chi connectivity index (χ4v) is 0. The number of hydrogen-bond acceptors (Lipinski definition) is 3. The second-order valence-corrected chi connectivity index (χ2v) is 0.224. The first kappa shape index (κ1) is 24.5. The normalized spacial score (nSPS) is 3.43. The van der Waals surface area contributed by atoms with Gasteiger partial charge in [0.25, 0.3) is 0 Å². The molecule has 0 aliphatic rings. The van der Waals surface area contributed by atoms with E-state index in [1.54, 1.807) is 0 Å². The van der Waals surface area contributed by atoms with Gasteiger partial charge in [-0.2, -0.15) is 0 Å². The molecule has 0 unspecified atom stereocenters. The fraction of sp³-hybridized carbons (Fsp3) is 0. The first-order chi connectivity index (χ1) is 1.73. The second kappa shape index (κ2) is 15.8. The quantitative estimate of drug-likeness (QED) is 0.185. The molecule has 0 saturated heterocycles. The molecule has 0 amide bonds. The van der Waals surface area contributed by atoms with Crippen molar-refractivity contribution in [3.63, 3.8) is 0 Å². The maximum atomic E-state index is 8.25. The van der Waals surface area contributed by atoms with Gasteiger partial charge in [-0.05, 0) is 0 Å². The predicted octanol–water partition coefficient (Wildman–Crippen LogP) is -6.61. The van der Waals surface area contributed by atoms with Crippen LogP contribution in [-0.4, -0.2) is 42.8 Å². The average Bonchev–Trinajstić information content (AvgIpc) is 0.811. The van der Waals surface area contributed by atoms with E-state index in [1.807, 2.05) is 0 Å². The molecule has 0 bridgehead atoms. The van der Waals surface area contributed by atoms with E-state index in [4.69, 9.17) is 15.3 Å². The number of hydrogen-bond donors (Lipinski definition) is 0. The molecule has 7 heteroatoms. The van der Waals surface area contributed by atoms with Crippen molar-refractivity contribution in [1.82, 2.24) is 0 Å². The Morgan fingerprint density at radius 2 is 1.29 bits per heavy atom. The van der Waals surface area contributed by atoms with Crippen LogP contribution >= 0.6 is 0 Å². The monoisotopic (exact) mass is 128 g/mol. The van der Waals surface area contributed by atoms with Gasteiger partial charge >= 0.3 is 56.6 Å². The third-order valence-electron chi connectivity index (χ3n) is 0. The Bertz CT molecular complexity index is 37.9. The van der Waals surface area contributed by atoms with Gasteiger partial charge in [-0.3, -0.25) is 0 Å². The summed E-state index contributed by atoms with van der Waals surface area (Å²) < 4.78 is 0. The van der Waals surface area contributed by atoms with Gasteiger partial charge in [0.15, 0.2) is 0 Å². The smallest absolute Gasteiger partial charge is 1.00 e. The Kier molecular flexibility index (Phi) is 55.2. The number of halogens is 1. The third kappa shape index (κ3) is 178. The van der Waals surface area contributed by atoms with Crippen molar-refractivity contribution in [2.75, 3.05) is 0 Å². The van der Waals surface area contributed by atoms with Crippen molar-refractivity contribution < 1.29 is 28.7 Å². The largest absolute Gasteiger partial charge is 2.00 e. The maximum Gasteiger partial charge on any atom is 2.00 e. The molecule has 0 aromatic carbocycles. The molecular weight excluding hydrogens is 128 g/mol. The van der Waals surface area contributed by atoms with Crippen molar-refractivity contribution in [2.45, 2.75) is 0 Å². The summed E-state index contributed by atoms with van der Waals surface area (Å²) in [5.41, 5.74) is 0. The summed E-state index contributed by atoms with van der Waals surface area (Å²) in [6, 6.07) is 0. The maximum absolute atomic E-state index is 8.25. The van der Waals surface area contributed by atoms with Gasteiger partial charge in [0.2, 0.25) is 0 Å². The fourth-order valence-electron chi connectivity index (χ4n) is 0. The van der Waals surface area contributed by atoms with Gasteiger partial charge in [0.1, 0.15) is 0 Å². The minimum Gasteiger partial charge on any atom is -1.00 e. The van der Waals surface area contributed by atoms with E-state index >= 15 is 0 Å². The molecule has 0 saturated carbocycles. The zero-order valence-corrected chi connectivity index (χ0v) is 5.97. The summed E-state index contributed by atoms with van der Waals surface area (Å²) >= 11 is 0. The Morgan fingerprint density at radius 3 is 1.29 bits per heavy atom. The van der Waals surface area contributed by atoms with Crippen molar-refractivity contribution in [3.05, 3.63) is 15.3 Å². The van der Waals surface area contributed by atoms with Crippen LogP contribution in [0.5, 0.6) is 0 Å². The Labute approximate surface area is 80.9 Å². The summed E-state index contributed by atoms with van der Waals surface area (Å²) in [6.45, 7) is 0. The van der Waals surface area contributed by atoms with Crippen molar-refractivity contribution in [2.24, 2.45) is 0 Å². The summed E-state index contributed by atoms with van der Waals surface area (Å²) in [4.78, 5) is 8.25. The van der Waals surface area contributed by atoms with Gasteiger partial charge in [0.05, 0.1) is 5.09 Å². The molecule has 0 N–H and O–H groups in total. The van der Waals surface area contributed by atoms with Gasteiger partial charge in [-0.25, -0.2) is 0 Å². The molecule has 0 aromatic rings. The average molecular weight is 128 g/mol. The van der Waals surface area contributed by atoms with E-state index in [2.05, 4.69) is 0 Å². The molecule has 0 aliphatic heterocycles. The van der Waals surface area contributed by atoms with E-state index in [-0.39, 0.29) is 61.3 Å². The van der Waals surface area contributed by atoms with Crippen LogP contribution in [0.25, 0.3) is 0 Å². The third-order valence-corrected chi connectivity index (χ3v) is 0. The number of nitrogens with zero attached hydrogens (tertiary/aromatic N) is 1. The van der Waals surface area contributed by atoms with Crippen LogP contribution in [0.4, 0.5) is 0 Å². The van der Waals surface area contributed by atoms with E-state index in [0.29, 0.717) is 0 Å². The minimum atomic E-state index is -1.75. The molecule has 0 fully saturated rings. The first-order valence-corrected chi connectivity index (χ1v) is 0.548. The standard InChI is InChI=1S/Ca.FH.Li.NO3/c;;;2-1(3)4/h;1H;;/q+2;;+1;-1/p-1. The van der Waals surface area contributed by atoms with Crippen molar-refractivity contribution in [3.8, 4) is 0 Å².